The Kier molecular flexibility index (Phi) is 5.04. The van der Waals surface area contributed by atoms with E-state index in [2.05, 4.69) is 5.32 Å². The number of aliphatic hydroxyl groups is 1. The first-order valence-corrected chi connectivity index (χ1v) is 8.65. The number of amides is 3. The summed E-state index contributed by atoms with van der Waals surface area (Å²) in [6.07, 6.45) is 2.69. The summed E-state index contributed by atoms with van der Waals surface area (Å²) >= 11 is 0. The van der Waals surface area contributed by atoms with Crippen molar-refractivity contribution in [2.75, 3.05) is 31.1 Å². The molecule has 3 amide bonds. The second kappa shape index (κ2) is 7.21. The fourth-order valence-corrected chi connectivity index (χ4v) is 3.54. The molecule has 1 aromatic carbocycles. The molecule has 2 heterocycles. The summed E-state index contributed by atoms with van der Waals surface area (Å²) in [5.74, 6) is 0.0602. The van der Waals surface area contributed by atoms with Gasteiger partial charge in [0.15, 0.2) is 0 Å². The average Bonchev–Trinajstić information content (AvgIpc) is 3.05. The van der Waals surface area contributed by atoms with Gasteiger partial charge in [0.1, 0.15) is 6.04 Å². The number of nitrogens with one attached hydrogen (secondary N) is 1. The molecule has 1 fully saturated rings. The zero-order valence-electron chi connectivity index (χ0n) is 14.1. The maximum atomic E-state index is 12.7. The van der Waals surface area contributed by atoms with E-state index in [1.165, 1.54) is 5.56 Å². The molecule has 0 radical (unpaired) electrons. The first-order chi connectivity index (χ1) is 11.6. The van der Waals surface area contributed by atoms with Crippen LogP contribution in [-0.4, -0.2) is 54.2 Å². The Morgan fingerprint density at radius 1 is 1.33 bits per heavy atom. The molecule has 0 aliphatic carbocycles. The molecule has 2 atom stereocenters. The summed E-state index contributed by atoms with van der Waals surface area (Å²) in [5, 5.41) is 12.1. The van der Waals surface area contributed by atoms with Crippen LogP contribution in [0.25, 0.3) is 0 Å². The van der Waals surface area contributed by atoms with Crippen LogP contribution < -0.4 is 10.2 Å². The lowest BCUT2D eigenvalue weighted by molar-refractivity contribution is -0.120. The van der Waals surface area contributed by atoms with Crippen molar-refractivity contribution in [3.05, 3.63) is 29.8 Å². The minimum Gasteiger partial charge on any atom is -0.396 e. The summed E-state index contributed by atoms with van der Waals surface area (Å²) in [7, 11) is 0. The number of fused-ring (bicyclic) bond motifs is 1. The van der Waals surface area contributed by atoms with Crippen LogP contribution in [0.1, 0.15) is 25.3 Å². The Morgan fingerprint density at radius 3 is 2.92 bits per heavy atom. The number of urea groups is 1. The normalized spacial score (nSPS) is 21.3. The van der Waals surface area contributed by atoms with Crippen LogP contribution in [-0.2, 0) is 11.2 Å². The van der Waals surface area contributed by atoms with Crippen LogP contribution in [0.3, 0.4) is 0 Å². The number of piperidine rings is 1. The lowest BCUT2D eigenvalue weighted by atomic mass is 9.99. The Labute approximate surface area is 142 Å². The largest absolute Gasteiger partial charge is 0.396 e. The molecule has 0 saturated carbocycles. The minimum absolute atomic E-state index is 0.0796. The fraction of sp³-hybridized carbons (Fsp3) is 0.556. The number of hydrogen-bond donors (Lipinski definition) is 2. The molecular formula is C18H25N3O3. The Bertz CT molecular complexity index is 619. The van der Waals surface area contributed by atoms with Crippen molar-refractivity contribution in [3.8, 4) is 0 Å². The van der Waals surface area contributed by atoms with Crippen LogP contribution in [0, 0.1) is 5.92 Å². The monoisotopic (exact) mass is 331 g/mol. The third-order valence-corrected chi connectivity index (χ3v) is 4.93. The van der Waals surface area contributed by atoms with Crippen molar-refractivity contribution in [2.24, 2.45) is 5.92 Å². The Balaban J connectivity index is 1.59. The molecular weight excluding hydrogens is 306 g/mol. The molecule has 1 saturated heterocycles. The molecule has 0 bridgehead atoms. The van der Waals surface area contributed by atoms with Crippen molar-refractivity contribution >= 4 is 17.6 Å². The molecule has 24 heavy (non-hydrogen) atoms. The van der Waals surface area contributed by atoms with Gasteiger partial charge in [-0.3, -0.25) is 4.79 Å². The van der Waals surface area contributed by atoms with E-state index < -0.39 is 6.04 Å². The number of carbonyl (C=O) groups excluding carboxylic acids is 2. The van der Waals surface area contributed by atoms with Gasteiger partial charge in [-0.25, -0.2) is 4.79 Å². The number of benzene rings is 1. The number of hydrogen-bond acceptors (Lipinski definition) is 3. The first-order valence-electron chi connectivity index (χ1n) is 8.65. The summed E-state index contributed by atoms with van der Waals surface area (Å²) < 4.78 is 0. The summed E-state index contributed by atoms with van der Waals surface area (Å²) in [4.78, 5) is 28.6. The zero-order chi connectivity index (χ0) is 17.1. The lowest BCUT2D eigenvalue weighted by Crippen LogP contribution is -2.53. The van der Waals surface area contributed by atoms with Crippen molar-refractivity contribution < 1.29 is 14.7 Å². The van der Waals surface area contributed by atoms with Gasteiger partial charge in [-0.2, -0.15) is 0 Å². The number of nitrogens with zero attached hydrogens (tertiary/aromatic N) is 2. The molecule has 0 unspecified atom stereocenters. The van der Waals surface area contributed by atoms with Gasteiger partial charge >= 0.3 is 6.03 Å². The van der Waals surface area contributed by atoms with Gasteiger partial charge in [0.25, 0.3) is 0 Å². The number of anilines is 1. The molecule has 6 heteroatoms. The highest BCUT2D eigenvalue weighted by molar-refractivity contribution is 6.00. The van der Waals surface area contributed by atoms with Crippen LogP contribution in [0.2, 0.25) is 0 Å². The topological polar surface area (TPSA) is 72.9 Å². The van der Waals surface area contributed by atoms with E-state index in [0.29, 0.717) is 19.6 Å². The highest BCUT2D eigenvalue weighted by Crippen LogP contribution is 2.27. The quantitative estimate of drug-likeness (QED) is 0.879. The van der Waals surface area contributed by atoms with Crippen LogP contribution in [0.15, 0.2) is 24.3 Å². The fourth-order valence-electron chi connectivity index (χ4n) is 3.54. The molecule has 0 aromatic heterocycles. The van der Waals surface area contributed by atoms with E-state index in [-0.39, 0.29) is 24.5 Å². The molecule has 2 N–H and O–H groups in total. The van der Waals surface area contributed by atoms with Gasteiger partial charge in [0, 0.05) is 31.9 Å². The van der Waals surface area contributed by atoms with Gasteiger partial charge in [0.2, 0.25) is 5.91 Å². The number of aliphatic hydroxyl groups excluding tert-OH is 1. The van der Waals surface area contributed by atoms with Crippen molar-refractivity contribution in [3.63, 3.8) is 0 Å². The lowest BCUT2D eigenvalue weighted by Gasteiger charge is -2.33. The van der Waals surface area contributed by atoms with E-state index in [0.717, 1.165) is 24.9 Å². The third kappa shape index (κ3) is 3.38. The average molecular weight is 331 g/mol. The Hall–Kier alpha value is -2.08. The van der Waals surface area contributed by atoms with Crippen molar-refractivity contribution in [1.29, 1.82) is 0 Å². The van der Waals surface area contributed by atoms with Crippen molar-refractivity contribution in [2.45, 2.75) is 32.2 Å². The highest BCUT2D eigenvalue weighted by atomic mass is 16.3. The van der Waals surface area contributed by atoms with Crippen LogP contribution in [0.5, 0.6) is 0 Å². The van der Waals surface area contributed by atoms with Gasteiger partial charge in [0.05, 0.1) is 0 Å². The number of rotatable bonds is 3. The molecule has 6 nitrogen and oxygen atoms in total. The summed E-state index contributed by atoms with van der Waals surface area (Å²) in [6.45, 7) is 3.72. The van der Waals surface area contributed by atoms with E-state index in [4.69, 9.17) is 0 Å². The molecule has 130 valence electrons. The predicted octanol–water partition coefficient (Wildman–Crippen LogP) is 1.38. The first kappa shape index (κ1) is 16.8. The highest BCUT2D eigenvalue weighted by Gasteiger charge is 2.30. The van der Waals surface area contributed by atoms with Crippen LogP contribution >= 0.6 is 0 Å². The van der Waals surface area contributed by atoms with E-state index >= 15 is 0 Å². The number of likely N-dealkylation sites (tertiary alicyclic amines) is 1. The molecule has 1 aromatic rings. The molecule has 0 spiro atoms. The maximum Gasteiger partial charge on any atom is 0.318 e. The van der Waals surface area contributed by atoms with E-state index in [1.54, 1.807) is 16.7 Å². The summed E-state index contributed by atoms with van der Waals surface area (Å²) in [5.41, 5.74) is 2.12. The maximum absolute atomic E-state index is 12.7. The van der Waals surface area contributed by atoms with E-state index in [9.17, 15) is 14.7 Å². The number of carbonyl (C=O) groups is 2. The second-order valence-electron chi connectivity index (χ2n) is 6.68. The molecule has 2 aliphatic heterocycles. The van der Waals surface area contributed by atoms with E-state index in [1.807, 2.05) is 24.3 Å². The third-order valence-electron chi connectivity index (χ3n) is 4.93. The summed E-state index contributed by atoms with van der Waals surface area (Å²) in [6, 6.07) is 7.10. The molecule has 2 aliphatic rings. The van der Waals surface area contributed by atoms with Crippen LogP contribution in [0.4, 0.5) is 10.5 Å². The standard InChI is InChI=1S/C18H25N3O3/c1-13(19-18(24)20-9-4-5-14(11-20)12-22)17(23)21-10-8-15-6-2-3-7-16(15)21/h2-3,6-7,13-14,22H,4-5,8-12H2,1H3,(H,19,24)/t13-,14-/m0/s1. The second-order valence-corrected chi connectivity index (χ2v) is 6.68. The van der Waals surface area contributed by atoms with Gasteiger partial charge in [-0.15, -0.1) is 0 Å². The Morgan fingerprint density at radius 2 is 2.12 bits per heavy atom. The smallest absolute Gasteiger partial charge is 0.318 e. The predicted molar refractivity (Wildman–Crippen MR) is 91.9 cm³/mol. The van der Waals surface area contributed by atoms with Gasteiger partial charge in [-0.1, -0.05) is 18.2 Å². The zero-order valence-corrected chi connectivity index (χ0v) is 14.1. The number of para-hydroxylation sites is 1. The SMILES string of the molecule is C[C@H](NC(=O)N1CCC[C@H](CO)C1)C(=O)N1CCc2ccccc21. The van der Waals surface area contributed by atoms with Gasteiger partial charge in [-0.05, 0) is 43.7 Å². The van der Waals surface area contributed by atoms with Gasteiger partial charge < -0.3 is 20.2 Å². The minimum atomic E-state index is -0.571. The van der Waals surface area contributed by atoms with Crippen molar-refractivity contribution in [1.82, 2.24) is 10.2 Å². The molecule has 3 rings (SSSR count).